The molecule has 4 aromatic rings. The fourth-order valence-electron chi connectivity index (χ4n) is 3.63. The molecule has 1 heterocycles. The van der Waals surface area contributed by atoms with Gasteiger partial charge in [-0.15, -0.1) is 17.7 Å². The minimum Gasteiger partial charge on any atom is -0.393 e. The summed E-state index contributed by atoms with van der Waals surface area (Å²) in [6.07, 6.45) is 1.54. The van der Waals surface area contributed by atoms with E-state index in [1.807, 2.05) is 26.1 Å². The quantitative estimate of drug-likeness (QED) is 0.301. The van der Waals surface area contributed by atoms with E-state index in [-0.39, 0.29) is 32.3 Å². The van der Waals surface area contributed by atoms with Crippen LogP contribution in [0, 0.1) is 19.9 Å². The molecule has 1 radical (unpaired) electrons. The summed E-state index contributed by atoms with van der Waals surface area (Å²) in [5.41, 5.74) is 6.16. The van der Waals surface area contributed by atoms with Crippen LogP contribution in [-0.4, -0.2) is 32.4 Å². The summed E-state index contributed by atoms with van der Waals surface area (Å²) in [4.78, 5) is 9.16. The van der Waals surface area contributed by atoms with Gasteiger partial charge in [0.2, 0.25) is 0 Å². The summed E-state index contributed by atoms with van der Waals surface area (Å²) >= 11 is 0. The number of aromatic nitrogens is 2. The normalized spacial score (nSPS) is 12.3. The molecule has 4 nitrogen and oxygen atoms in total. The number of rotatable bonds is 4. The number of hydrogen-bond donors (Lipinski definition) is 2. The van der Waals surface area contributed by atoms with Crippen LogP contribution in [0.4, 0.5) is 0 Å². The summed E-state index contributed by atoms with van der Waals surface area (Å²) in [5, 5.41) is 19.5. The van der Waals surface area contributed by atoms with E-state index in [0.717, 1.165) is 28.0 Å². The van der Waals surface area contributed by atoms with Crippen LogP contribution < -0.4 is 0 Å². The first kappa shape index (κ1) is 25.8. The first-order chi connectivity index (χ1) is 14.9. The minimum atomic E-state index is -0.375. The molecule has 0 fully saturated rings. The maximum Gasteiger partial charge on any atom is 0.0539 e. The predicted octanol–water partition coefficient (Wildman–Crippen LogP) is 5.52. The average molecular weight is 606 g/mol. The summed E-state index contributed by atoms with van der Waals surface area (Å²) in [5.74, 6) is 0. The molecule has 2 N–H and O–H groups in total. The first-order valence-electron chi connectivity index (χ1n) is 10.5. The third-order valence-electron chi connectivity index (χ3n) is 4.92. The van der Waals surface area contributed by atoms with Crippen molar-refractivity contribution in [1.82, 2.24) is 9.97 Å². The molecule has 2 atom stereocenters. The zero-order valence-electron chi connectivity index (χ0n) is 18.8. The smallest absolute Gasteiger partial charge is 0.0539 e. The molecule has 4 rings (SSSR count). The standard InChI is InChI=1S/C22H17N2.C5H12O2.Ir/c1-15-14-23-22(16(2)24-15)21-13-12-18(17-8-4-3-5-9-17)19-10-6-7-11-20(19)21;1-4(6)3-5(2)7;/h3-12,14H,1-2H3;4-7H,3H2,1-2H3;/q-1;;. The Balaban J connectivity index is 0.000000398. The van der Waals surface area contributed by atoms with Crippen LogP contribution in [0.2, 0.25) is 0 Å². The molecule has 0 saturated carbocycles. The molecular weight excluding hydrogens is 577 g/mol. The fraction of sp³-hybridized carbons (Fsp3) is 0.259. The number of aliphatic hydroxyl groups is 2. The van der Waals surface area contributed by atoms with E-state index in [4.69, 9.17) is 10.2 Å². The largest absolute Gasteiger partial charge is 0.393 e. The second kappa shape index (κ2) is 12.0. The SMILES string of the molecule is CC(O)CC(C)O.Cc1cnc(-c2[c-]cc(-c3ccccc3)c3ccccc23)c(C)n1.[Ir]. The Morgan fingerprint density at radius 1 is 0.875 bits per heavy atom. The van der Waals surface area contributed by atoms with Gasteiger partial charge in [0.15, 0.2) is 0 Å². The van der Waals surface area contributed by atoms with Gasteiger partial charge in [0.1, 0.15) is 0 Å². The van der Waals surface area contributed by atoms with E-state index in [1.54, 1.807) is 13.8 Å². The Kier molecular flexibility index (Phi) is 9.67. The van der Waals surface area contributed by atoms with Crippen molar-refractivity contribution in [2.45, 2.75) is 46.3 Å². The Bertz CT molecular complexity index is 1140. The van der Waals surface area contributed by atoms with Crippen molar-refractivity contribution in [3.63, 3.8) is 0 Å². The molecule has 0 aliphatic rings. The van der Waals surface area contributed by atoms with Gasteiger partial charge in [-0.3, -0.25) is 4.98 Å². The number of nitrogens with zero attached hydrogens (tertiary/aromatic N) is 2. The zero-order valence-corrected chi connectivity index (χ0v) is 21.2. The molecule has 2 unspecified atom stereocenters. The van der Waals surface area contributed by atoms with Crippen LogP contribution >= 0.6 is 0 Å². The fourth-order valence-corrected chi connectivity index (χ4v) is 3.63. The van der Waals surface area contributed by atoms with Crippen molar-refractivity contribution < 1.29 is 30.3 Å². The van der Waals surface area contributed by atoms with E-state index in [0.29, 0.717) is 6.42 Å². The molecule has 0 bridgehead atoms. The molecule has 32 heavy (non-hydrogen) atoms. The molecule has 1 aromatic heterocycles. The summed E-state index contributed by atoms with van der Waals surface area (Å²) < 4.78 is 0. The monoisotopic (exact) mass is 606 g/mol. The van der Waals surface area contributed by atoms with Gasteiger partial charge in [-0.25, -0.2) is 0 Å². The molecule has 169 valence electrons. The van der Waals surface area contributed by atoms with Gasteiger partial charge in [-0.05, 0) is 34.1 Å². The van der Waals surface area contributed by atoms with Crippen LogP contribution in [0.15, 0.2) is 66.9 Å². The minimum absolute atomic E-state index is 0. The molecule has 0 saturated heterocycles. The van der Waals surface area contributed by atoms with Gasteiger partial charge < -0.3 is 15.2 Å². The number of aliphatic hydroxyl groups excluding tert-OH is 2. The maximum absolute atomic E-state index is 8.56. The topological polar surface area (TPSA) is 66.2 Å². The molecule has 0 aliphatic carbocycles. The molecule has 5 heteroatoms. The Morgan fingerprint density at radius 2 is 1.47 bits per heavy atom. The van der Waals surface area contributed by atoms with Crippen molar-refractivity contribution in [3.8, 4) is 22.4 Å². The van der Waals surface area contributed by atoms with Crippen molar-refractivity contribution in [1.29, 1.82) is 0 Å². The van der Waals surface area contributed by atoms with Gasteiger partial charge in [0, 0.05) is 37.7 Å². The maximum atomic E-state index is 8.56. The van der Waals surface area contributed by atoms with E-state index < -0.39 is 0 Å². The second-order valence-corrected chi connectivity index (χ2v) is 7.87. The van der Waals surface area contributed by atoms with Crippen LogP contribution in [0.5, 0.6) is 0 Å². The second-order valence-electron chi connectivity index (χ2n) is 7.87. The third-order valence-corrected chi connectivity index (χ3v) is 4.92. The summed E-state index contributed by atoms with van der Waals surface area (Å²) in [7, 11) is 0. The Hall–Kier alpha value is -2.43. The number of hydrogen-bond acceptors (Lipinski definition) is 4. The van der Waals surface area contributed by atoms with E-state index in [1.165, 1.54) is 16.5 Å². The Labute approximate surface area is 203 Å². The molecule has 0 amide bonds. The van der Waals surface area contributed by atoms with Crippen molar-refractivity contribution in [2.75, 3.05) is 0 Å². The third kappa shape index (κ3) is 6.54. The van der Waals surface area contributed by atoms with Gasteiger partial charge in [0.05, 0.1) is 17.9 Å². The number of aryl methyl sites for hydroxylation is 2. The summed E-state index contributed by atoms with van der Waals surface area (Å²) in [6.45, 7) is 7.28. The van der Waals surface area contributed by atoms with Gasteiger partial charge in [-0.1, -0.05) is 76.5 Å². The van der Waals surface area contributed by atoms with Crippen molar-refractivity contribution in [2.24, 2.45) is 0 Å². The molecular formula is C27H29IrN2O2-. The van der Waals surface area contributed by atoms with Gasteiger partial charge in [-0.2, -0.15) is 0 Å². The number of fused-ring (bicyclic) bond motifs is 1. The van der Waals surface area contributed by atoms with Crippen LogP contribution in [0.1, 0.15) is 31.7 Å². The van der Waals surface area contributed by atoms with Crippen molar-refractivity contribution >= 4 is 10.8 Å². The summed E-state index contributed by atoms with van der Waals surface area (Å²) in [6, 6.07) is 24.4. The van der Waals surface area contributed by atoms with E-state index in [2.05, 4.69) is 70.6 Å². The van der Waals surface area contributed by atoms with E-state index in [9.17, 15) is 0 Å². The average Bonchev–Trinajstić information content (AvgIpc) is 2.73. The van der Waals surface area contributed by atoms with Crippen LogP contribution in [0.25, 0.3) is 33.2 Å². The number of benzene rings is 3. The Morgan fingerprint density at radius 3 is 2.03 bits per heavy atom. The van der Waals surface area contributed by atoms with Crippen LogP contribution in [-0.2, 0) is 20.1 Å². The van der Waals surface area contributed by atoms with Gasteiger partial charge in [0.25, 0.3) is 0 Å². The van der Waals surface area contributed by atoms with Gasteiger partial charge >= 0.3 is 0 Å². The first-order valence-corrected chi connectivity index (χ1v) is 10.5. The molecule has 0 spiro atoms. The zero-order chi connectivity index (χ0) is 22.4. The predicted molar refractivity (Wildman–Crippen MR) is 127 cm³/mol. The molecule has 3 aromatic carbocycles. The van der Waals surface area contributed by atoms with Crippen LogP contribution in [0.3, 0.4) is 0 Å². The van der Waals surface area contributed by atoms with Crippen molar-refractivity contribution in [3.05, 3.63) is 84.3 Å². The van der Waals surface area contributed by atoms with E-state index >= 15 is 0 Å². The molecule has 0 aliphatic heterocycles.